The zero-order valence-electron chi connectivity index (χ0n) is 13.6. The first-order chi connectivity index (χ1) is 12.6. The Labute approximate surface area is 148 Å². The second-order valence-electron chi connectivity index (χ2n) is 6.24. The Kier molecular flexibility index (Phi) is 2.94. The number of benzene rings is 2. The van der Waals surface area contributed by atoms with E-state index in [2.05, 4.69) is 0 Å². The standard InChI is InChI=1S/C21H14FN3O/c22-16-10-2-1-7-13(16)14-8-4-9-15-19(23)18-17(24-20(14)15)11-25(21(18)26)12-5-3-6-12/h1-11,26H,23H2. The molecule has 0 radical (unpaired) electrons. The first kappa shape index (κ1) is 14.7. The number of nitrogens with zero attached hydrogens (tertiary/aromatic N) is 2. The summed E-state index contributed by atoms with van der Waals surface area (Å²) in [5.41, 5.74) is 9.98. The molecule has 5 rings (SSSR count). The van der Waals surface area contributed by atoms with Crippen molar-refractivity contribution in [3.8, 4) is 17.0 Å². The quantitative estimate of drug-likeness (QED) is 0.555. The SMILES string of the molecule is Nc1c2cccc(-c3ccccc3F)c2nc2cn(C3=CC=C3)c(O)c12. The third-order valence-electron chi connectivity index (χ3n) is 4.76. The number of para-hydroxylation sites is 1. The van der Waals surface area contributed by atoms with E-state index in [0.717, 1.165) is 5.70 Å². The molecule has 3 N–H and O–H groups in total. The lowest BCUT2D eigenvalue weighted by molar-refractivity contribution is 0.450. The second kappa shape index (κ2) is 5.20. The highest BCUT2D eigenvalue weighted by atomic mass is 19.1. The molecule has 1 aliphatic carbocycles. The zero-order chi connectivity index (χ0) is 17.8. The number of aromatic hydroxyl groups is 1. The van der Waals surface area contributed by atoms with Crippen molar-refractivity contribution < 1.29 is 9.50 Å². The number of hydrogen-bond donors (Lipinski definition) is 2. The molecule has 126 valence electrons. The Morgan fingerprint density at radius 3 is 2.54 bits per heavy atom. The first-order valence-corrected chi connectivity index (χ1v) is 8.21. The fourth-order valence-electron chi connectivity index (χ4n) is 3.40. The van der Waals surface area contributed by atoms with E-state index in [1.54, 1.807) is 29.0 Å². The predicted octanol–water partition coefficient (Wildman–Crippen LogP) is 4.69. The summed E-state index contributed by atoms with van der Waals surface area (Å²) >= 11 is 0. The zero-order valence-corrected chi connectivity index (χ0v) is 13.6. The maximum absolute atomic E-state index is 14.3. The number of fused-ring (bicyclic) bond motifs is 2. The average molecular weight is 343 g/mol. The third kappa shape index (κ3) is 1.91. The van der Waals surface area contributed by atoms with Gasteiger partial charge in [0, 0.05) is 28.4 Å². The Bertz CT molecular complexity index is 1270. The average Bonchev–Trinajstić information content (AvgIpc) is 2.91. The van der Waals surface area contributed by atoms with Crippen LogP contribution >= 0.6 is 0 Å². The highest BCUT2D eigenvalue weighted by molar-refractivity contribution is 6.12. The van der Waals surface area contributed by atoms with Gasteiger partial charge in [0.25, 0.3) is 0 Å². The molecule has 2 aromatic carbocycles. The summed E-state index contributed by atoms with van der Waals surface area (Å²) in [5, 5.41) is 11.8. The molecule has 26 heavy (non-hydrogen) atoms. The fraction of sp³-hybridized carbons (Fsp3) is 0. The van der Waals surface area contributed by atoms with Gasteiger partial charge >= 0.3 is 0 Å². The van der Waals surface area contributed by atoms with Crippen molar-refractivity contribution in [1.82, 2.24) is 9.55 Å². The van der Waals surface area contributed by atoms with Crippen molar-refractivity contribution in [3.63, 3.8) is 0 Å². The van der Waals surface area contributed by atoms with Crippen LogP contribution in [0.5, 0.6) is 5.88 Å². The van der Waals surface area contributed by atoms with E-state index in [1.165, 1.54) is 6.07 Å². The molecule has 0 amide bonds. The highest BCUT2D eigenvalue weighted by Gasteiger charge is 2.19. The van der Waals surface area contributed by atoms with Crippen LogP contribution in [-0.4, -0.2) is 14.7 Å². The minimum atomic E-state index is -0.314. The smallest absolute Gasteiger partial charge is 0.207 e. The van der Waals surface area contributed by atoms with Crippen molar-refractivity contribution >= 4 is 33.2 Å². The molecule has 0 bridgehead atoms. The summed E-state index contributed by atoms with van der Waals surface area (Å²) in [5.74, 6) is -0.260. The van der Waals surface area contributed by atoms with Crippen LogP contribution in [0, 0.1) is 5.82 Å². The molecule has 0 saturated carbocycles. The van der Waals surface area contributed by atoms with Gasteiger partial charge in [-0.1, -0.05) is 42.5 Å². The fourth-order valence-corrected chi connectivity index (χ4v) is 3.40. The molecule has 2 aromatic heterocycles. The van der Waals surface area contributed by atoms with Gasteiger partial charge in [0.15, 0.2) is 0 Å². The summed E-state index contributed by atoms with van der Waals surface area (Å²) in [6, 6.07) is 12.1. The highest BCUT2D eigenvalue weighted by Crippen LogP contribution is 2.40. The summed E-state index contributed by atoms with van der Waals surface area (Å²) in [7, 11) is 0. The molecule has 0 unspecified atom stereocenters. The maximum Gasteiger partial charge on any atom is 0.207 e. The summed E-state index contributed by atoms with van der Waals surface area (Å²) in [4.78, 5) is 4.70. The van der Waals surface area contributed by atoms with E-state index < -0.39 is 0 Å². The van der Waals surface area contributed by atoms with E-state index in [9.17, 15) is 9.50 Å². The monoisotopic (exact) mass is 343 g/mol. The van der Waals surface area contributed by atoms with Gasteiger partial charge in [0.2, 0.25) is 5.88 Å². The number of hydrogen-bond acceptors (Lipinski definition) is 3. The van der Waals surface area contributed by atoms with E-state index in [1.807, 2.05) is 36.4 Å². The number of nitrogens with two attached hydrogens (primary N) is 1. The van der Waals surface area contributed by atoms with Crippen LogP contribution in [0.15, 0.2) is 66.9 Å². The number of allylic oxidation sites excluding steroid dienone is 4. The maximum atomic E-state index is 14.3. The van der Waals surface area contributed by atoms with Crippen molar-refractivity contribution in [3.05, 3.63) is 72.7 Å². The number of halogens is 1. The molecule has 4 nitrogen and oxygen atoms in total. The molecule has 1 aliphatic rings. The van der Waals surface area contributed by atoms with Crippen LogP contribution in [0.4, 0.5) is 10.1 Å². The first-order valence-electron chi connectivity index (χ1n) is 8.21. The van der Waals surface area contributed by atoms with Crippen LogP contribution in [0.3, 0.4) is 0 Å². The van der Waals surface area contributed by atoms with E-state index >= 15 is 0 Å². The third-order valence-corrected chi connectivity index (χ3v) is 4.76. The summed E-state index contributed by atoms with van der Waals surface area (Å²) in [6.45, 7) is 0. The Morgan fingerprint density at radius 1 is 1.04 bits per heavy atom. The van der Waals surface area contributed by atoms with Crippen LogP contribution < -0.4 is 5.73 Å². The molecular weight excluding hydrogens is 329 g/mol. The largest absolute Gasteiger partial charge is 0.494 e. The van der Waals surface area contributed by atoms with Gasteiger partial charge < -0.3 is 10.8 Å². The van der Waals surface area contributed by atoms with Crippen molar-refractivity contribution in [2.45, 2.75) is 0 Å². The second-order valence-corrected chi connectivity index (χ2v) is 6.24. The number of pyridine rings is 1. The number of rotatable bonds is 2. The number of anilines is 1. The van der Waals surface area contributed by atoms with Gasteiger partial charge in [0.1, 0.15) is 5.82 Å². The minimum absolute atomic E-state index is 0.0544. The van der Waals surface area contributed by atoms with E-state index in [4.69, 9.17) is 10.7 Å². The van der Waals surface area contributed by atoms with Crippen LogP contribution in [-0.2, 0) is 0 Å². The van der Waals surface area contributed by atoms with Gasteiger partial charge in [-0.2, -0.15) is 0 Å². The minimum Gasteiger partial charge on any atom is -0.494 e. The topological polar surface area (TPSA) is 64.1 Å². The van der Waals surface area contributed by atoms with Crippen molar-refractivity contribution in [1.29, 1.82) is 0 Å². The Balaban J connectivity index is 1.87. The molecule has 0 atom stereocenters. The predicted molar refractivity (Wildman–Crippen MR) is 102 cm³/mol. The lowest BCUT2D eigenvalue weighted by Crippen LogP contribution is -1.95. The molecule has 5 heteroatoms. The van der Waals surface area contributed by atoms with Gasteiger partial charge in [-0.3, -0.25) is 4.57 Å². The molecule has 2 heterocycles. The van der Waals surface area contributed by atoms with Crippen molar-refractivity contribution in [2.24, 2.45) is 0 Å². The normalized spacial score (nSPS) is 13.2. The summed E-state index contributed by atoms with van der Waals surface area (Å²) < 4.78 is 16.0. The molecule has 0 aliphatic heterocycles. The Hall–Kier alpha value is -3.60. The Morgan fingerprint density at radius 2 is 1.81 bits per heavy atom. The molecular formula is C21H14FN3O. The van der Waals surface area contributed by atoms with E-state index in [0.29, 0.717) is 38.6 Å². The van der Waals surface area contributed by atoms with Crippen LogP contribution in [0.2, 0.25) is 0 Å². The number of nitrogen functional groups attached to an aromatic ring is 1. The molecule has 0 fully saturated rings. The molecule has 0 spiro atoms. The molecule has 4 aromatic rings. The van der Waals surface area contributed by atoms with Crippen molar-refractivity contribution in [2.75, 3.05) is 5.73 Å². The molecule has 0 saturated heterocycles. The van der Waals surface area contributed by atoms with Crippen LogP contribution in [0.25, 0.3) is 38.6 Å². The summed E-state index contributed by atoms with van der Waals surface area (Å²) in [6.07, 6.45) is 7.41. The number of aromatic nitrogens is 2. The lowest BCUT2D eigenvalue weighted by Gasteiger charge is -2.10. The van der Waals surface area contributed by atoms with Gasteiger partial charge in [-0.25, -0.2) is 9.37 Å². The van der Waals surface area contributed by atoms with Crippen LogP contribution in [0.1, 0.15) is 0 Å². The van der Waals surface area contributed by atoms with Gasteiger partial charge in [-0.15, -0.1) is 0 Å². The van der Waals surface area contributed by atoms with E-state index in [-0.39, 0.29) is 11.7 Å². The lowest BCUT2D eigenvalue weighted by atomic mass is 10.00. The van der Waals surface area contributed by atoms with Gasteiger partial charge in [0.05, 0.1) is 22.1 Å². The van der Waals surface area contributed by atoms with Gasteiger partial charge in [-0.05, 0) is 18.2 Å².